The van der Waals surface area contributed by atoms with Crippen LogP contribution >= 0.6 is 23.6 Å². The minimum atomic E-state index is 0.297. The number of aromatic amines is 1. The van der Waals surface area contributed by atoms with E-state index in [2.05, 4.69) is 58.1 Å². The SMILES string of the molecule is CCCn1c(N(C)C(C)c2cccs2)n[nH]c1=S. The van der Waals surface area contributed by atoms with Gasteiger partial charge in [0.05, 0.1) is 6.04 Å². The molecule has 4 nitrogen and oxygen atoms in total. The van der Waals surface area contributed by atoms with Gasteiger partial charge in [0.2, 0.25) is 5.95 Å². The second-order valence-corrected chi connectivity index (χ2v) is 5.65. The second kappa shape index (κ2) is 5.67. The summed E-state index contributed by atoms with van der Waals surface area (Å²) >= 11 is 7.03. The first-order chi connectivity index (χ1) is 8.65. The Morgan fingerprint density at radius 3 is 3.00 bits per heavy atom. The molecule has 0 radical (unpaired) electrons. The predicted octanol–water partition coefficient (Wildman–Crippen LogP) is 3.61. The molecule has 1 N–H and O–H groups in total. The molecule has 1 atom stereocenters. The normalized spacial score (nSPS) is 12.6. The van der Waals surface area contributed by atoms with Crippen LogP contribution in [0.1, 0.15) is 31.2 Å². The first-order valence-corrected chi connectivity index (χ1v) is 7.35. The van der Waals surface area contributed by atoms with Crippen LogP contribution in [0.5, 0.6) is 0 Å². The van der Waals surface area contributed by atoms with Gasteiger partial charge in [-0.2, -0.15) is 0 Å². The van der Waals surface area contributed by atoms with E-state index >= 15 is 0 Å². The molecule has 2 heterocycles. The highest BCUT2D eigenvalue weighted by atomic mass is 32.1. The zero-order valence-electron chi connectivity index (χ0n) is 10.9. The van der Waals surface area contributed by atoms with Gasteiger partial charge in [-0.15, -0.1) is 16.4 Å². The summed E-state index contributed by atoms with van der Waals surface area (Å²) < 4.78 is 2.75. The minimum Gasteiger partial charge on any atom is -0.336 e. The lowest BCUT2D eigenvalue weighted by Crippen LogP contribution is -2.24. The van der Waals surface area contributed by atoms with Crippen molar-refractivity contribution in [2.24, 2.45) is 0 Å². The molecule has 0 bridgehead atoms. The number of anilines is 1. The molecular formula is C12H18N4S2. The molecule has 1 unspecified atom stereocenters. The van der Waals surface area contributed by atoms with Crippen molar-refractivity contribution >= 4 is 29.5 Å². The molecule has 2 aromatic heterocycles. The summed E-state index contributed by atoms with van der Waals surface area (Å²) in [7, 11) is 2.06. The van der Waals surface area contributed by atoms with Crippen LogP contribution in [0.2, 0.25) is 0 Å². The average Bonchev–Trinajstić information content (AvgIpc) is 2.99. The molecule has 0 saturated heterocycles. The summed E-state index contributed by atoms with van der Waals surface area (Å²) in [5, 5.41) is 9.32. The second-order valence-electron chi connectivity index (χ2n) is 4.28. The van der Waals surface area contributed by atoms with E-state index < -0.39 is 0 Å². The number of aromatic nitrogens is 3. The van der Waals surface area contributed by atoms with Gasteiger partial charge in [0.1, 0.15) is 0 Å². The van der Waals surface area contributed by atoms with Crippen molar-refractivity contribution in [3.05, 3.63) is 27.2 Å². The van der Waals surface area contributed by atoms with Crippen LogP contribution in [0.3, 0.4) is 0 Å². The van der Waals surface area contributed by atoms with E-state index in [4.69, 9.17) is 12.2 Å². The lowest BCUT2D eigenvalue weighted by atomic mass is 10.2. The molecular weight excluding hydrogens is 264 g/mol. The predicted molar refractivity (Wildman–Crippen MR) is 78.8 cm³/mol. The standard InChI is InChI=1S/C12H18N4S2/c1-4-7-16-11(13-14-12(16)17)15(3)9(2)10-6-5-8-18-10/h5-6,8-9H,4,7H2,1-3H3,(H,14,17). The van der Waals surface area contributed by atoms with Crippen LogP contribution in [0.15, 0.2) is 17.5 Å². The maximum absolute atomic E-state index is 5.26. The Labute approximate surface area is 116 Å². The van der Waals surface area contributed by atoms with E-state index in [1.54, 1.807) is 11.3 Å². The van der Waals surface area contributed by atoms with Crippen molar-refractivity contribution in [1.82, 2.24) is 14.8 Å². The number of hydrogen-bond donors (Lipinski definition) is 1. The van der Waals surface area contributed by atoms with Gasteiger partial charge in [-0.3, -0.25) is 4.57 Å². The third kappa shape index (κ3) is 2.49. The summed E-state index contributed by atoms with van der Waals surface area (Å²) in [6, 6.07) is 4.52. The van der Waals surface area contributed by atoms with Crippen molar-refractivity contribution < 1.29 is 0 Å². The molecule has 0 saturated carbocycles. The van der Waals surface area contributed by atoms with Crippen LogP contribution in [0.25, 0.3) is 0 Å². The third-order valence-electron chi connectivity index (χ3n) is 3.04. The van der Waals surface area contributed by atoms with Gasteiger partial charge in [-0.1, -0.05) is 13.0 Å². The Hall–Kier alpha value is -1.14. The van der Waals surface area contributed by atoms with Gasteiger partial charge in [-0.05, 0) is 37.0 Å². The molecule has 0 amide bonds. The highest BCUT2D eigenvalue weighted by molar-refractivity contribution is 7.71. The fourth-order valence-electron chi connectivity index (χ4n) is 1.90. The Balaban J connectivity index is 2.28. The first kappa shape index (κ1) is 13.3. The molecule has 0 aromatic carbocycles. The zero-order valence-corrected chi connectivity index (χ0v) is 12.5. The number of rotatable bonds is 5. The van der Waals surface area contributed by atoms with Gasteiger partial charge < -0.3 is 4.90 Å². The lowest BCUT2D eigenvalue weighted by molar-refractivity contribution is 0.632. The highest BCUT2D eigenvalue weighted by Gasteiger charge is 2.18. The largest absolute Gasteiger partial charge is 0.336 e. The lowest BCUT2D eigenvalue weighted by Gasteiger charge is -2.25. The van der Waals surface area contributed by atoms with Crippen LogP contribution < -0.4 is 4.90 Å². The van der Waals surface area contributed by atoms with E-state index in [0.717, 1.165) is 18.9 Å². The molecule has 0 fully saturated rings. The van der Waals surface area contributed by atoms with E-state index in [9.17, 15) is 0 Å². The van der Waals surface area contributed by atoms with Crippen LogP contribution in [0, 0.1) is 4.77 Å². The van der Waals surface area contributed by atoms with Gasteiger partial charge in [0.25, 0.3) is 0 Å². The van der Waals surface area contributed by atoms with Gasteiger partial charge in [0, 0.05) is 18.5 Å². The molecule has 0 aliphatic heterocycles. The van der Waals surface area contributed by atoms with Crippen molar-refractivity contribution in [1.29, 1.82) is 0 Å². The molecule has 2 rings (SSSR count). The van der Waals surface area contributed by atoms with Crippen molar-refractivity contribution in [3.8, 4) is 0 Å². The van der Waals surface area contributed by atoms with E-state index in [1.165, 1.54) is 4.88 Å². The topological polar surface area (TPSA) is 36.9 Å². The number of nitrogens with zero attached hydrogens (tertiary/aromatic N) is 3. The number of H-pyrrole nitrogens is 1. The Morgan fingerprint density at radius 2 is 2.39 bits per heavy atom. The summed E-state index contributed by atoms with van der Waals surface area (Å²) in [6.07, 6.45) is 1.04. The number of nitrogens with one attached hydrogen (secondary N) is 1. The maximum atomic E-state index is 5.26. The molecule has 0 aliphatic carbocycles. The van der Waals surface area contributed by atoms with Crippen molar-refractivity contribution in [3.63, 3.8) is 0 Å². The summed E-state index contributed by atoms with van der Waals surface area (Å²) in [5.41, 5.74) is 0. The molecule has 0 spiro atoms. The first-order valence-electron chi connectivity index (χ1n) is 6.06. The van der Waals surface area contributed by atoms with Crippen molar-refractivity contribution in [2.45, 2.75) is 32.9 Å². The highest BCUT2D eigenvalue weighted by Crippen LogP contribution is 2.27. The van der Waals surface area contributed by atoms with E-state index in [1.807, 2.05) is 0 Å². The fourth-order valence-corrected chi connectivity index (χ4v) is 2.94. The Morgan fingerprint density at radius 1 is 1.61 bits per heavy atom. The quantitative estimate of drug-likeness (QED) is 0.851. The number of thiophene rings is 1. The smallest absolute Gasteiger partial charge is 0.225 e. The van der Waals surface area contributed by atoms with Crippen LogP contribution in [0.4, 0.5) is 5.95 Å². The molecule has 6 heteroatoms. The van der Waals surface area contributed by atoms with Gasteiger partial charge >= 0.3 is 0 Å². The van der Waals surface area contributed by atoms with Gasteiger partial charge in [0.15, 0.2) is 4.77 Å². The third-order valence-corrected chi connectivity index (χ3v) is 4.39. The maximum Gasteiger partial charge on any atom is 0.225 e. The van der Waals surface area contributed by atoms with E-state index in [0.29, 0.717) is 10.8 Å². The van der Waals surface area contributed by atoms with Gasteiger partial charge in [-0.25, -0.2) is 5.10 Å². The van der Waals surface area contributed by atoms with E-state index in [-0.39, 0.29) is 0 Å². The Bertz CT molecular complexity index is 541. The monoisotopic (exact) mass is 282 g/mol. The minimum absolute atomic E-state index is 0.297. The number of hydrogen-bond acceptors (Lipinski definition) is 4. The molecule has 18 heavy (non-hydrogen) atoms. The summed E-state index contributed by atoms with van der Waals surface area (Å²) in [5.74, 6) is 0.905. The van der Waals surface area contributed by atoms with Crippen LogP contribution in [-0.4, -0.2) is 21.8 Å². The average molecular weight is 282 g/mol. The molecule has 2 aromatic rings. The molecule has 98 valence electrons. The summed E-state index contributed by atoms with van der Waals surface area (Å²) in [6.45, 7) is 5.22. The van der Waals surface area contributed by atoms with Crippen molar-refractivity contribution in [2.75, 3.05) is 11.9 Å². The van der Waals surface area contributed by atoms with Crippen LogP contribution in [-0.2, 0) is 6.54 Å². The summed E-state index contributed by atoms with van der Waals surface area (Å²) in [4.78, 5) is 3.49. The fraction of sp³-hybridized carbons (Fsp3) is 0.500. The molecule has 0 aliphatic rings. The Kier molecular flexibility index (Phi) is 4.19. The zero-order chi connectivity index (χ0) is 13.1.